The van der Waals surface area contributed by atoms with Crippen molar-refractivity contribution in [1.29, 1.82) is 0 Å². The maximum atomic E-state index is 5.94. The average Bonchev–Trinajstić information content (AvgIpc) is 0.901. The normalized spacial score (nSPS) is 12.8. The van der Waals surface area contributed by atoms with E-state index in [1.54, 1.807) is 130 Å². The maximum absolute atomic E-state index is 5.94. The number of hydrogen-bond acceptors (Lipinski definition) is 7. The molecule has 0 aliphatic carbocycles. The van der Waals surface area contributed by atoms with Crippen LogP contribution in [0.15, 0.2) is 169 Å². The molecule has 111 heavy (non-hydrogen) atoms. The summed E-state index contributed by atoms with van der Waals surface area (Å²) in [6.07, 6.45) is 2.13. The van der Waals surface area contributed by atoms with E-state index in [0.29, 0.717) is 134 Å². The van der Waals surface area contributed by atoms with Gasteiger partial charge in [0.15, 0.2) is 29.8 Å². The van der Waals surface area contributed by atoms with Crippen molar-refractivity contribution in [3.8, 4) is 0 Å². The van der Waals surface area contributed by atoms with Crippen LogP contribution in [0.3, 0.4) is 0 Å². The third kappa shape index (κ3) is 46.1. The molecule has 0 aliphatic heterocycles. The lowest BCUT2D eigenvalue weighted by atomic mass is 10.1. The molecule has 0 spiro atoms. The lowest BCUT2D eigenvalue weighted by molar-refractivity contribution is 0.615. The highest BCUT2D eigenvalue weighted by atomic mass is 35.5. The van der Waals surface area contributed by atoms with Gasteiger partial charge < -0.3 is 88.8 Å². The second-order valence-corrected chi connectivity index (χ2v) is 29.2. The Morgan fingerprint density at radius 1 is 0.342 bits per heavy atom. The molecule has 606 valence electrons. The summed E-state index contributed by atoms with van der Waals surface area (Å²) in [7, 11) is 10.6. The van der Waals surface area contributed by atoms with Crippen LogP contribution in [0.2, 0.25) is 60.3 Å². The minimum Gasteiger partial charge on any atom is -0.387 e. The third-order valence-corrected chi connectivity index (χ3v) is 17.1. The molecular weight excluding hydrogens is 1670 g/mol. The van der Waals surface area contributed by atoms with Gasteiger partial charge in [0, 0.05) is 79.6 Å². The number of anilines is 1. The number of nitrogens with zero attached hydrogens (tertiary/aromatic N) is 15. The molecule has 0 unspecified atom stereocenters. The molecule has 6 rings (SSSR count). The number of rotatable bonds is 16. The fraction of sp³-hybridized carbons (Fsp3) is 0.314. The van der Waals surface area contributed by atoms with Crippen molar-refractivity contribution in [2.24, 2.45) is 135 Å². The second-order valence-electron chi connectivity index (χ2n) is 24.3. The van der Waals surface area contributed by atoms with E-state index in [0.717, 1.165) is 28.7 Å². The van der Waals surface area contributed by atoms with E-state index in [1.165, 1.54) is 0 Å². The van der Waals surface area contributed by atoms with Crippen molar-refractivity contribution in [3.05, 3.63) is 192 Å². The molecule has 0 radical (unpaired) electrons. The highest BCUT2D eigenvalue weighted by molar-refractivity contribution is 6.44. The van der Waals surface area contributed by atoms with Gasteiger partial charge in [0.05, 0.1) is 79.0 Å². The van der Waals surface area contributed by atoms with Crippen LogP contribution < -0.4 is 79.4 Å². The Labute approximate surface area is 709 Å². The fourth-order valence-electron chi connectivity index (χ4n) is 7.34. The van der Waals surface area contributed by atoms with E-state index >= 15 is 0 Å². The molecule has 0 saturated heterocycles. The van der Waals surface area contributed by atoms with Crippen LogP contribution in [0.5, 0.6) is 0 Å². The van der Waals surface area contributed by atoms with Crippen LogP contribution in [0, 0.1) is 5.92 Å². The van der Waals surface area contributed by atoms with E-state index in [2.05, 4.69) is 84.4 Å². The van der Waals surface area contributed by atoms with Crippen molar-refractivity contribution in [2.75, 3.05) is 60.7 Å². The zero-order valence-corrected chi connectivity index (χ0v) is 72.3. The minimum absolute atomic E-state index is 0.0505. The third-order valence-electron chi connectivity index (χ3n) is 12.7. The molecular formula is C70H97Cl12N29. The Balaban J connectivity index is 0.000000666. The van der Waals surface area contributed by atoms with Crippen LogP contribution in [-0.4, -0.2) is 154 Å². The molecule has 41 heteroatoms. The topological polar surface area (TPSA) is 494 Å². The van der Waals surface area contributed by atoms with Crippen LogP contribution in [0.4, 0.5) is 11.4 Å². The molecule has 26 N–H and O–H groups in total. The number of halogens is 12. The number of benzene rings is 6. The number of nitrogens with one attached hydrogen (secondary N) is 2. The first kappa shape index (κ1) is 100. The van der Waals surface area contributed by atoms with Crippen molar-refractivity contribution in [1.82, 2.24) is 20.0 Å². The quantitative estimate of drug-likeness (QED) is 0.0316. The Kier molecular flexibility index (Phi) is 48.3. The molecule has 0 aromatic heterocycles. The summed E-state index contributed by atoms with van der Waals surface area (Å²) in [6.45, 7) is 13.5. The van der Waals surface area contributed by atoms with Crippen LogP contribution in [0.1, 0.15) is 70.2 Å². The minimum atomic E-state index is 0.0505. The van der Waals surface area contributed by atoms with E-state index in [1.807, 2.05) is 64.1 Å². The highest BCUT2D eigenvalue weighted by Crippen LogP contribution is 2.29. The Morgan fingerprint density at radius 2 is 0.694 bits per heavy atom. The first-order valence-electron chi connectivity index (χ1n) is 33.0. The predicted molar refractivity (Wildman–Crippen MR) is 480 cm³/mol. The molecule has 0 aliphatic rings. The van der Waals surface area contributed by atoms with E-state index in [-0.39, 0.29) is 65.7 Å². The lowest BCUT2D eigenvalue weighted by Crippen LogP contribution is -2.42. The predicted octanol–water partition coefficient (Wildman–Crippen LogP) is 13.0. The Bertz CT molecular complexity index is 4340. The SMILES string of the molecule is CC(C)CC(N)=NC(N)=NCCc1ccc(Cl)c(Cl)c1.CC(C)N=C(N)N=C(N)Nc1ccc(Cl)c(Cl)c1.CC(C)N=C(N)NC(N)=NCc1ccc(Cl)c(Cl)c1.CN(C)C(N)=NC(N)=NCCc1ccc(Cl)c(Cl)c1.CN(C)C(N)=NC(N)=NCc1ccc(Cl)c(Cl)c1.CN(C)C(N)=NC(N)=Nc1ccc(Cl)c(Cl)c1. The summed E-state index contributed by atoms with van der Waals surface area (Å²) in [5.41, 5.74) is 72.8. The zero-order chi connectivity index (χ0) is 84.4. The first-order valence-corrected chi connectivity index (χ1v) is 37.5. The smallest absolute Gasteiger partial charge is 0.223 e. The van der Waals surface area contributed by atoms with Gasteiger partial charge in [-0.3, -0.25) is 20.3 Å². The number of aliphatic imine (C=N–C) groups is 12. The maximum Gasteiger partial charge on any atom is 0.223 e. The molecule has 0 amide bonds. The highest BCUT2D eigenvalue weighted by Gasteiger charge is 2.08. The van der Waals surface area contributed by atoms with Crippen LogP contribution >= 0.6 is 139 Å². The fourth-order valence-corrected chi connectivity index (χ4v) is 9.22. The van der Waals surface area contributed by atoms with Gasteiger partial charge >= 0.3 is 0 Å². The summed E-state index contributed by atoms with van der Waals surface area (Å²) in [6, 6.07) is 31.6. The van der Waals surface area contributed by atoms with Gasteiger partial charge in [0.25, 0.3) is 0 Å². The average molecular weight is 1770 g/mol. The summed E-state index contributed by atoms with van der Waals surface area (Å²) in [4.78, 5) is 53.3. The van der Waals surface area contributed by atoms with Crippen molar-refractivity contribution < 1.29 is 0 Å². The molecule has 0 fully saturated rings. The second kappa shape index (κ2) is 53.4. The number of amidine groups is 1. The van der Waals surface area contributed by atoms with E-state index in [4.69, 9.17) is 208 Å². The van der Waals surface area contributed by atoms with Gasteiger partial charge in [-0.2, -0.15) is 20.0 Å². The molecule has 29 nitrogen and oxygen atoms in total. The number of guanidine groups is 11. The molecule has 6 aromatic rings. The van der Waals surface area contributed by atoms with Crippen molar-refractivity contribution in [2.45, 2.75) is 86.0 Å². The summed E-state index contributed by atoms with van der Waals surface area (Å²) >= 11 is 70.3. The number of nitrogens with two attached hydrogens (primary N) is 12. The van der Waals surface area contributed by atoms with Crippen molar-refractivity contribution >= 4 is 222 Å². The zero-order valence-electron chi connectivity index (χ0n) is 63.2. The Hall–Kier alpha value is -8.56. The molecule has 0 atom stereocenters. The summed E-state index contributed by atoms with van der Waals surface area (Å²) in [5, 5.41) is 11.5. The van der Waals surface area contributed by atoms with E-state index < -0.39 is 0 Å². The van der Waals surface area contributed by atoms with Gasteiger partial charge in [0.1, 0.15) is 5.84 Å². The standard InChI is InChI=1S/C14H20Cl2N4.2C12H17Cl2N5.2C11H15Cl2N5.C10H13Cl2N5/c1-9(2)7-13(17)20-14(18)19-6-5-10-3-4-11(15)12(16)8-10;1-7(2)18-12(16)19-11(15)17-6-8-3-4-9(13)10(14)5-8;1-19(2)12(16)18-11(15)17-6-5-8-3-4-9(13)10(14)7-8;1-18(2)11(15)17-10(14)16-6-7-3-4-8(12)9(13)5-7;1-6(2)16-10(14)18-11(15)17-7-3-4-8(12)9(13)5-7;1-17(2)10(14)16-9(13)15-6-3-4-7(11)8(12)5-6/h3-4,8-9H,5-7H2,1-2H3,(H4,17,18,19,20);3-5,7H,6H2,1-2H3,(H5,15,16,17,18,19);3-4,7H,5-6H2,1-2H3,(H4,15,16,17,18);3-5H,6H2,1-2H3,(H4,14,15,16,17);3-6H,1-2H3,(H5,14,15,16,17,18);3-5H,1-2H3,(H4,13,14,15,16). The molecule has 0 bridgehead atoms. The summed E-state index contributed by atoms with van der Waals surface area (Å²) in [5.74, 6) is 3.08. The van der Waals surface area contributed by atoms with Gasteiger partial charge in [0.2, 0.25) is 35.8 Å². The molecule has 0 heterocycles. The number of hydrogen-bond donors (Lipinski definition) is 14. The van der Waals surface area contributed by atoms with Crippen LogP contribution in [0.25, 0.3) is 0 Å². The van der Waals surface area contributed by atoms with E-state index in [9.17, 15) is 0 Å². The monoisotopic (exact) mass is 1760 g/mol. The first-order chi connectivity index (χ1) is 51.8. The lowest BCUT2D eigenvalue weighted by Gasteiger charge is -2.09. The van der Waals surface area contributed by atoms with Gasteiger partial charge in [-0.05, 0) is 154 Å². The summed E-state index contributed by atoms with van der Waals surface area (Å²) < 4.78 is 0. The molecule has 0 saturated carbocycles. The van der Waals surface area contributed by atoms with Gasteiger partial charge in [-0.15, -0.1) is 0 Å². The Morgan fingerprint density at radius 3 is 1.08 bits per heavy atom. The van der Waals surface area contributed by atoms with Crippen molar-refractivity contribution in [3.63, 3.8) is 0 Å². The largest absolute Gasteiger partial charge is 0.387 e. The van der Waals surface area contributed by atoms with Gasteiger partial charge in [-0.1, -0.05) is 177 Å². The van der Waals surface area contributed by atoms with Gasteiger partial charge in [-0.25, -0.2) is 25.0 Å². The molecule has 6 aromatic carbocycles. The van der Waals surface area contributed by atoms with Crippen LogP contribution in [-0.2, 0) is 25.9 Å².